The number of carbonyl (C=O) groups is 2. The highest BCUT2D eigenvalue weighted by molar-refractivity contribution is 5.89. The Bertz CT molecular complexity index is 1060. The van der Waals surface area contributed by atoms with Crippen molar-refractivity contribution in [2.24, 2.45) is 0 Å². The second-order valence-corrected chi connectivity index (χ2v) is 7.63. The van der Waals surface area contributed by atoms with Crippen molar-refractivity contribution >= 4 is 34.9 Å². The van der Waals surface area contributed by atoms with E-state index in [0.29, 0.717) is 12.1 Å². The summed E-state index contributed by atoms with van der Waals surface area (Å²) in [6, 6.07) is 13.0. The van der Waals surface area contributed by atoms with Gasteiger partial charge < -0.3 is 14.8 Å². The van der Waals surface area contributed by atoms with Crippen LogP contribution in [0, 0.1) is 0 Å². The third-order valence-electron chi connectivity index (χ3n) is 3.95. The van der Waals surface area contributed by atoms with Crippen LogP contribution in [0.2, 0.25) is 0 Å². The molecule has 0 fully saturated rings. The Hall–Kier alpha value is -3.61. The van der Waals surface area contributed by atoms with Gasteiger partial charge in [-0.15, -0.1) is 0 Å². The van der Waals surface area contributed by atoms with Crippen LogP contribution in [-0.2, 0) is 16.0 Å². The summed E-state index contributed by atoms with van der Waals surface area (Å²) in [5, 5.41) is 11.4. The second-order valence-electron chi connectivity index (χ2n) is 7.63. The van der Waals surface area contributed by atoms with Crippen LogP contribution < -0.4 is 5.32 Å². The summed E-state index contributed by atoms with van der Waals surface area (Å²) in [5.41, 5.74) is 3.54. The maximum Gasteiger partial charge on any atom is 0.412 e. The minimum absolute atomic E-state index is 0.506. The summed E-state index contributed by atoms with van der Waals surface area (Å²) in [6.45, 7) is 5.43. The smallest absolute Gasteiger partial charge is 0.412 e. The molecule has 0 spiro atoms. The number of hydrogen-bond donors (Lipinski definition) is 3. The highest BCUT2D eigenvalue weighted by Crippen LogP contribution is 2.20. The van der Waals surface area contributed by atoms with Crippen LogP contribution in [0.3, 0.4) is 0 Å². The van der Waals surface area contributed by atoms with Gasteiger partial charge in [-0.25, -0.2) is 14.6 Å². The van der Waals surface area contributed by atoms with Crippen molar-refractivity contribution in [2.45, 2.75) is 32.8 Å². The Morgan fingerprint density at radius 1 is 1.17 bits per heavy atom. The fourth-order valence-corrected chi connectivity index (χ4v) is 2.75. The minimum atomic E-state index is -0.975. The molecule has 0 aliphatic rings. The van der Waals surface area contributed by atoms with Gasteiger partial charge in [-0.05, 0) is 56.2 Å². The fraction of sp³-hybridized carbons (Fsp3) is 0.227. The first kappa shape index (κ1) is 20.1. The topological polar surface area (TPSA) is 104 Å². The summed E-state index contributed by atoms with van der Waals surface area (Å²) in [5.74, 6) is -0.180. The summed E-state index contributed by atoms with van der Waals surface area (Å²) in [4.78, 5) is 30.4. The monoisotopic (exact) mass is 393 g/mol. The third-order valence-corrected chi connectivity index (χ3v) is 3.95. The third kappa shape index (κ3) is 5.93. The first-order chi connectivity index (χ1) is 13.7. The lowest BCUT2D eigenvalue weighted by Crippen LogP contribution is -2.27. The number of rotatable bonds is 5. The average molecular weight is 393 g/mol. The molecule has 0 aliphatic carbocycles. The summed E-state index contributed by atoms with van der Waals surface area (Å²) >= 11 is 0. The van der Waals surface area contributed by atoms with Crippen LogP contribution in [0.5, 0.6) is 0 Å². The van der Waals surface area contributed by atoms with Crippen molar-refractivity contribution in [1.82, 2.24) is 9.97 Å². The average Bonchev–Trinajstić information content (AvgIpc) is 3.01. The first-order valence-corrected chi connectivity index (χ1v) is 9.16. The first-order valence-electron chi connectivity index (χ1n) is 9.16. The molecule has 3 aromatic rings. The zero-order chi connectivity index (χ0) is 21.0. The number of carboxylic acids is 1. The highest BCUT2D eigenvalue weighted by atomic mass is 16.6. The number of anilines is 1. The van der Waals surface area contributed by atoms with Gasteiger partial charge in [0, 0.05) is 18.2 Å². The molecule has 3 N–H and O–H groups in total. The van der Waals surface area contributed by atoms with Crippen LogP contribution in [-0.4, -0.2) is 32.7 Å². The van der Waals surface area contributed by atoms with E-state index in [4.69, 9.17) is 9.84 Å². The van der Waals surface area contributed by atoms with E-state index in [0.717, 1.165) is 34.1 Å². The summed E-state index contributed by atoms with van der Waals surface area (Å²) in [7, 11) is 0. The van der Waals surface area contributed by atoms with E-state index in [-0.39, 0.29) is 0 Å². The molecule has 7 nitrogen and oxygen atoms in total. The van der Waals surface area contributed by atoms with Gasteiger partial charge in [0.25, 0.3) is 0 Å². The Kier molecular flexibility index (Phi) is 5.68. The van der Waals surface area contributed by atoms with Crippen LogP contribution in [0.25, 0.3) is 17.1 Å². The second kappa shape index (κ2) is 8.18. The molecule has 1 amide bonds. The predicted molar refractivity (Wildman–Crippen MR) is 112 cm³/mol. The molecule has 0 atom stereocenters. The number of carbonyl (C=O) groups excluding carboxylic acids is 1. The highest BCUT2D eigenvalue weighted by Gasteiger charge is 2.16. The molecular formula is C22H23N3O4. The number of ether oxygens (including phenoxy) is 1. The zero-order valence-electron chi connectivity index (χ0n) is 16.5. The lowest BCUT2D eigenvalue weighted by molar-refractivity contribution is -0.131. The quantitative estimate of drug-likeness (QED) is 0.550. The fourth-order valence-electron chi connectivity index (χ4n) is 2.75. The van der Waals surface area contributed by atoms with E-state index in [1.807, 2.05) is 57.2 Å². The van der Waals surface area contributed by atoms with Gasteiger partial charge in [0.15, 0.2) is 0 Å². The van der Waals surface area contributed by atoms with E-state index < -0.39 is 17.7 Å². The van der Waals surface area contributed by atoms with Crippen LogP contribution >= 0.6 is 0 Å². The number of aliphatic carboxylic acids is 1. The number of amides is 1. The molecule has 0 unspecified atom stereocenters. The molecule has 0 aliphatic heterocycles. The molecule has 1 aromatic heterocycles. The van der Waals surface area contributed by atoms with Crippen LogP contribution in [0.4, 0.5) is 10.5 Å². The van der Waals surface area contributed by atoms with E-state index in [9.17, 15) is 9.59 Å². The largest absolute Gasteiger partial charge is 0.478 e. The van der Waals surface area contributed by atoms with E-state index in [1.165, 1.54) is 0 Å². The van der Waals surface area contributed by atoms with Gasteiger partial charge in [-0.3, -0.25) is 5.32 Å². The Morgan fingerprint density at radius 2 is 1.90 bits per heavy atom. The number of aromatic amines is 1. The summed E-state index contributed by atoms with van der Waals surface area (Å²) < 4.78 is 5.26. The molecule has 29 heavy (non-hydrogen) atoms. The van der Waals surface area contributed by atoms with E-state index in [1.54, 1.807) is 12.1 Å². The summed E-state index contributed by atoms with van der Waals surface area (Å²) in [6.07, 6.45) is 2.75. The molecule has 0 radical (unpaired) electrons. The van der Waals surface area contributed by atoms with Gasteiger partial charge in [-0.2, -0.15) is 0 Å². The molecule has 1 heterocycles. The molecule has 150 valence electrons. The van der Waals surface area contributed by atoms with Crippen molar-refractivity contribution in [3.05, 3.63) is 65.5 Å². The van der Waals surface area contributed by atoms with Gasteiger partial charge in [0.2, 0.25) is 0 Å². The van der Waals surface area contributed by atoms with Gasteiger partial charge in [-0.1, -0.05) is 24.3 Å². The van der Waals surface area contributed by atoms with Crippen molar-refractivity contribution in [3.63, 3.8) is 0 Å². The molecule has 3 rings (SSSR count). The SMILES string of the molecule is CC(C)(C)OC(=O)Nc1ccc2nc(Cc3ccc(C=CC(=O)O)cc3)[nH]c2c1. The van der Waals surface area contributed by atoms with E-state index >= 15 is 0 Å². The lowest BCUT2D eigenvalue weighted by atomic mass is 10.1. The predicted octanol–water partition coefficient (Wildman–Crippen LogP) is 4.60. The van der Waals surface area contributed by atoms with Crippen molar-refractivity contribution in [1.29, 1.82) is 0 Å². The van der Waals surface area contributed by atoms with Crippen molar-refractivity contribution in [3.8, 4) is 0 Å². The number of aromatic nitrogens is 2. The maximum absolute atomic E-state index is 11.9. The Morgan fingerprint density at radius 3 is 2.55 bits per heavy atom. The van der Waals surface area contributed by atoms with Crippen LogP contribution in [0.1, 0.15) is 37.7 Å². The number of fused-ring (bicyclic) bond motifs is 1. The number of H-pyrrole nitrogens is 1. The number of benzene rings is 2. The van der Waals surface area contributed by atoms with Crippen molar-refractivity contribution in [2.75, 3.05) is 5.32 Å². The van der Waals surface area contributed by atoms with Gasteiger partial charge in [0.1, 0.15) is 11.4 Å². The molecule has 0 bridgehead atoms. The maximum atomic E-state index is 11.9. The number of carboxylic acid groups (broad SMARTS) is 1. The molecule has 7 heteroatoms. The number of hydrogen-bond acceptors (Lipinski definition) is 4. The number of nitrogens with one attached hydrogen (secondary N) is 2. The lowest BCUT2D eigenvalue weighted by Gasteiger charge is -2.19. The number of nitrogens with zero attached hydrogens (tertiary/aromatic N) is 1. The normalized spacial score (nSPS) is 11.7. The minimum Gasteiger partial charge on any atom is -0.478 e. The molecule has 2 aromatic carbocycles. The number of imidazole rings is 1. The van der Waals surface area contributed by atoms with Crippen LogP contribution in [0.15, 0.2) is 48.5 Å². The van der Waals surface area contributed by atoms with Gasteiger partial charge in [0.05, 0.1) is 11.0 Å². The Balaban J connectivity index is 1.70. The zero-order valence-corrected chi connectivity index (χ0v) is 16.5. The molecule has 0 saturated heterocycles. The Labute approximate surface area is 168 Å². The molecule has 0 saturated carbocycles. The van der Waals surface area contributed by atoms with E-state index in [2.05, 4.69) is 15.3 Å². The van der Waals surface area contributed by atoms with Crippen molar-refractivity contribution < 1.29 is 19.4 Å². The standard InChI is InChI=1S/C22H23N3O4/c1-22(2,3)29-21(28)23-16-9-10-17-18(13-16)25-19(24-17)12-15-6-4-14(5-7-15)8-11-20(26)27/h4-11,13H,12H2,1-3H3,(H,23,28)(H,24,25)(H,26,27). The molecular weight excluding hydrogens is 370 g/mol. The van der Waals surface area contributed by atoms with Gasteiger partial charge >= 0.3 is 12.1 Å².